The van der Waals surface area contributed by atoms with Crippen LogP contribution in [-0.2, 0) is 29.1 Å². The van der Waals surface area contributed by atoms with Gasteiger partial charge in [0.15, 0.2) is 0 Å². The quantitative estimate of drug-likeness (QED) is 0.495. The third-order valence-electron chi connectivity index (χ3n) is 6.60. The highest BCUT2D eigenvalue weighted by Crippen LogP contribution is 2.65. The normalized spacial score (nSPS) is 34.5. The summed E-state index contributed by atoms with van der Waals surface area (Å²) in [6, 6.07) is 0. The van der Waals surface area contributed by atoms with Gasteiger partial charge < -0.3 is 14.2 Å². The number of aromatic nitrogens is 2. The number of ether oxygens (including phenoxy) is 3. The standard InChI is InChI=1S/C18H22F2N2O8S/c1-28-16-5-12-4-15(7-16,10-29-13(23)18(19,20)31(25,26)27)8-17(6-12,9-16)30-14(24)22-3-2-21-11-22/h2-3,11-12H,4-10H2,1H3,(H,25,26,27). The second-order valence-corrected chi connectivity index (χ2v) is 10.4. The summed E-state index contributed by atoms with van der Waals surface area (Å²) < 4.78 is 75.0. The Morgan fingerprint density at radius 2 is 1.90 bits per heavy atom. The summed E-state index contributed by atoms with van der Waals surface area (Å²) in [5.41, 5.74) is -2.48. The van der Waals surface area contributed by atoms with Crippen molar-refractivity contribution in [3.63, 3.8) is 0 Å². The van der Waals surface area contributed by atoms with Gasteiger partial charge in [-0.05, 0) is 38.0 Å². The van der Waals surface area contributed by atoms with Crippen LogP contribution in [0.2, 0.25) is 0 Å². The first-order valence-corrected chi connectivity index (χ1v) is 11.1. The maximum Gasteiger partial charge on any atom is 0.465 e. The van der Waals surface area contributed by atoms with Crippen LogP contribution < -0.4 is 0 Å². The van der Waals surface area contributed by atoms with Crippen LogP contribution in [0.15, 0.2) is 18.7 Å². The van der Waals surface area contributed by atoms with E-state index in [9.17, 15) is 26.8 Å². The van der Waals surface area contributed by atoms with Gasteiger partial charge in [-0.1, -0.05) is 0 Å². The topological polar surface area (TPSA) is 134 Å². The SMILES string of the molecule is COC12CC3CC(COC(=O)C(F)(F)S(=O)(=O)O)(C1)CC(OC(=O)n1ccnc1)(C3)C2. The average Bonchev–Trinajstić information content (AvgIpc) is 3.19. The number of nitrogens with zero attached hydrogens (tertiary/aromatic N) is 2. The molecule has 4 fully saturated rings. The lowest BCUT2D eigenvalue weighted by Crippen LogP contribution is -2.66. The molecule has 4 aliphatic carbocycles. The van der Waals surface area contributed by atoms with Crippen molar-refractivity contribution in [1.82, 2.24) is 9.55 Å². The summed E-state index contributed by atoms with van der Waals surface area (Å²) in [5.74, 6) is -2.31. The van der Waals surface area contributed by atoms with Gasteiger partial charge in [0, 0.05) is 31.3 Å². The molecular formula is C18H22F2N2O8S. The minimum Gasteiger partial charge on any atom is -0.460 e. The molecule has 172 valence electrons. The smallest absolute Gasteiger partial charge is 0.460 e. The Labute approximate surface area is 176 Å². The number of hydrogen-bond donors (Lipinski definition) is 1. The van der Waals surface area contributed by atoms with Gasteiger partial charge >= 0.3 is 27.4 Å². The molecule has 0 aromatic carbocycles. The molecule has 0 radical (unpaired) electrons. The van der Waals surface area contributed by atoms with Crippen LogP contribution in [0.5, 0.6) is 0 Å². The molecule has 10 nitrogen and oxygen atoms in total. The molecule has 5 rings (SSSR count). The number of methoxy groups -OCH3 is 1. The van der Waals surface area contributed by atoms with Crippen molar-refractivity contribution in [2.24, 2.45) is 11.3 Å². The summed E-state index contributed by atoms with van der Waals surface area (Å²) in [7, 11) is -4.44. The van der Waals surface area contributed by atoms with E-state index in [0.29, 0.717) is 32.1 Å². The van der Waals surface area contributed by atoms with Crippen molar-refractivity contribution >= 4 is 22.2 Å². The summed E-state index contributed by atoms with van der Waals surface area (Å²) in [6.45, 7) is -0.511. The van der Waals surface area contributed by atoms with Crippen molar-refractivity contribution in [2.75, 3.05) is 13.7 Å². The van der Waals surface area contributed by atoms with Gasteiger partial charge in [0.1, 0.15) is 11.9 Å². The van der Waals surface area contributed by atoms with Crippen LogP contribution >= 0.6 is 0 Å². The maximum atomic E-state index is 13.6. The molecule has 1 N–H and O–H groups in total. The van der Waals surface area contributed by atoms with Crippen molar-refractivity contribution in [1.29, 1.82) is 0 Å². The molecule has 0 spiro atoms. The van der Waals surface area contributed by atoms with Crippen molar-refractivity contribution in [3.8, 4) is 0 Å². The Balaban J connectivity index is 1.57. The molecule has 4 aliphatic rings. The van der Waals surface area contributed by atoms with E-state index in [1.165, 1.54) is 30.4 Å². The number of esters is 1. The van der Waals surface area contributed by atoms with E-state index in [1.54, 1.807) is 0 Å². The molecule has 13 heteroatoms. The molecule has 4 bridgehead atoms. The number of imidazole rings is 1. The molecule has 4 atom stereocenters. The summed E-state index contributed by atoms with van der Waals surface area (Å²) in [5, 5.41) is -5.07. The molecule has 0 aliphatic heterocycles. The summed E-state index contributed by atoms with van der Waals surface area (Å²) in [4.78, 5) is 28.1. The lowest BCUT2D eigenvalue weighted by molar-refractivity contribution is -0.248. The van der Waals surface area contributed by atoms with Gasteiger partial charge in [0.25, 0.3) is 0 Å². The number of alkyl halides is 2. The fourth-order valence-corrected chi connectivity index (χ4v) is 6.24. The van der Waals surface area contributed by atoms with Gasteiger partial charge in [-0.2, -0.15) is 17.2 Å². The molecular weight excluding hydrogens is 442 g/mol. The molecule has 1 aromatic heterocycles. The molecule has 1 aromatic rings. The van der Waals surface area contributed by atoms with Crippen molar-refractivity contribution < 1.29 is 45.6 Å². The fraction of sp³-hybridized carbons (Fsp3) is 0.722. The predicted molar refractivity (Wildman–Crippen MR) is 97.7 cm³/mol. The average molecular weight is 464 g/mol. The Hall–Kier alpha value is -2.12. The van der Waals surface area contributed by atoms with Gasteiger partial charge in [-0.25, -0.2) is 19.1 Å². The zero-order valence-corrected chi connectivity index (χ0v) is 17.4. The van der Waals surface area contributed by atoms with Crippen LogP contribution in [0.25, 0.3) is 0 Å². The van der Waals surface area contributed by atoms with Gasteiger partial charge in [0.05, 0.1) is 12.2 Å². The minimum absolute atomic E-state index is 0.0348. The van der Waals surface area contributed by atoms with Crippen LogP contribution in [0.1, 0.15) is 38.5 Å². The zero-order valence-electron chi connectivity index (χ0n) is 16.6. The predicted octanol–water partition coefficient (Wildman–Crippen LogP) is 2.00. The fourth-order valence-electron chi connectivity index (χ4n) is 5.97. The number of carbonyl (C=O) groups excluding carboxylic acids is 2. The number of halogens is 2. The van der Waals surface area contributed by atoms with Gasteiger partial charge in [-0.3, -0.25) is 4.55 Å². The Bertz CT molecular complexity index is 1000. The van der Waals surface area contributed by atoms with Crippen LogP contribution in [0.4, 0.5) is 13.6 Å². The van der Waals surface area contributed by atoms with Gasteiger partial charge in [-0.15, -0.1) is 0 Å². The Morgan fingerprint density at radius 3 is 2.52 bits per heavy atom. The van der Waals surface area contributed by atoms with Crippen LogP contribution in [-0.4, -0.2) is 64.8 Å². The van der Waals surface area contributed by atoms with E-state index in [4.69, 9.17) is 18.8 Å². The molecule has 4 unspecified atom stereocenters. The molecule has 4 saturated carbocycles. The second kappa shape index (κ2) is 6.94. The third-order valence-corrected chi connectivity index (χ3v) is 7.42. The lowest BCUT2D eigenvalue weighted by atomic mass is 9.46. The van der Waals surface area contributed by atoms with E-state index in [1.807, 2.05) is 0 Å². The second-order valence-electron chi connectivity index (χ2n) is 8.98. The van der Waals surface area contributed by atoms with Crippen LogP contribution in [0, 0.1) is 11.3 Å². The number of rotatable bonds is 6. The largest absolute Gasteiger partial charge is 0.465 e. The van der Waals surface area contributed by atoms with Crippen molar-refractivity contribution in [2.45, 2.75) is 55.0 Å². The third kappa shape index (κ3) is 3.72. The molecule has 1 heterocycles. The zero-order chi connectivity index (χ0) is 22.7. The summed E-state index contributed by atoms with van der Waals surface area (Å²) in [6.07, 6.45) is 6.30. The highest BCUT2D eigenvalue weighted by atomic mass is 32.2. The molecule has 0 amide bonds. The van der Waals surface area contributed by atoms with E-state index < -0.39 is 50.7 Å². The lowest BCUT2D eigenvalue weighted by Gasteiger charge is -2.64. The number of hydrogen-bond acceptors (Lipinski definition) is 8. The van der Waals surface area contributed by atoms with Crippen LogP contribution in [0.3, 0.4) is 0 Å². The van der Waals surface area contributed by atoms with Gasteiger partial charge in [0.2, 0.25) is 0 Å². The first kappa shape index (κ1) is 22.1. The van der Waals surface area contributed by atoms with E-state index in [-0.39, 0.29) is 12.3 Å². The highest BCUT2D eigenvalue weighted by Gasteiger charge is 2.66. The first-order valence-electron chi connectivity index (χ1n) is 9.62. The monoisotopic (exact) mass is 464 g/mol. The first-order chi connectivity index (χ1) is 14.3. The summed E-state index contributed by atoms with van der Waals surface area (Å²) >= 11 is 0. The van der Waals surface area contributed by atoms with E-state index in [2.05, 4.69) is 4.98 Å². The molecule has 0 saturated heterocycles. The number of carbonyl (C=O) groups is 2. The van der Waals surface area contributed by atoms with E-state index >= 15 is 0 Å². The molecule has 31 heavy (non-hydrogen) atoms. The minimum atomic E-state index is -5.96. The maximum absolute atomic E-state index is 13.6. The highest BCUT2D eigenvalue weighted by molar-refractivity contribution is 7.87. The van der Waals surface area contributed by atoms with E-state index in [0.717, 1.165) is 0 Å². The Morgan fingerprint density at radius 1 is 1.23 bits per heavy atom. The Kier molecular flexibility index (Phi) is 4.94. The van der Waals surface area contributed by atoms with Crippen molar-refractivity contribution in [3.05, 3.63) is 18.7 Å².